The molecule has 0 fully saturated rings. The van der Waals surface area contributed by atoms with E-state index in [1.807, 2.05) is 0 Å². The van der Waals surface area contributed by atoms with Crippen LogP contribution in [0.15, 0.2) is 36.4 Å². The van der Waals surface area contributed by atoms with Gasteiger partial charge >= 0.3 is 0 Å². The molecule has 0 aliphatic carbocycles. The zero-order chi connectivity index (χ0) is 16.4. The second-order valence-corrected chi connectivity index (χ2v) is 5.36. The normalized spacial score (nSPS) is 12.5. The molecule has 0 spiro atoms. The summed E-state index contributed by atoms with van der Waals surface area (Å²) in [6.45, 7) is -0.464. The maximum Gasteiger partial charge on any atom is 0.146 e. The second-order valence-electron chi connectivity index (χ2n) is 4.92. The van der Waals surface area contributed by atoms with Crippen LogP contribution in [0.2, 0.25) is 5.02 Å². The van der Waals surface area contributed by atoms with E-state index >= 15 is 0 Å². The summed E-state index contributed by atoms with van der Waals surface area (Å²) >= 11 is 5.92. The van der Waals surface area contributed by atoms with Crippen LogP contribution in [0.1, 0.15) is 0 Å². The van der Waals surface area contributed by atoms with Crippen molar-refractivity contribution in [3.8, 4) is 17.2 Å². The number of aromatic nitrogens is 3. The lowest BCUT2D eigenvalue weighted by atomic mass is 10.3. The van der Waals surface area contributed by atoms with Gasteiger partial charge in [0, 0.05) is 11.1 Å². The van der Waals surface area contributed by atoms with Crippen molar-refractivity contribution >= 4 is 22.6 Å². The highest BCUT2D eigenvalue weighted by atomic mass is 35.5. The average Bonchev–Trinajstić information content (AvgIpc) is 2.95. The Labute approximate surface area is 136 Å². The topological polar surface area (TPSA) is 101 Å². The first-order valence-electron chi connectivity index (χ1n) is 6.84. The van der Waals surface area contributed by atoms with Gasteiger partial charge < -0.3 is 20.1 Å². The van der Waals surface area contributed by atoms with Crippen molar-refractivity contribution in [1.82, 2.24) is 15.0 Å². The van der Waals surface area contributed by atoms with Gasteiger partial charge in [-0.25, -0.2) is 0 Å². The van der Waals surface area contributed by atoms with Gasteiger partial charge in [0.05, 0.1) is 6.61 Å². The van der Waals surface area contributed by atoms with Gasteiger partial charge in [0.15, 0.2) is 0 Å². The molecule has 0 amide bonds. The first kappa shape index (κ1) is 15.5. The van der Waals surface area contributed by atoms with Crippen LogP contribution in [0.4, 0.5) is 0 Å². The largest absolute Gasteiger partial charge is 0.505 e. The Hall–Kier alpha value is -2.35. The fraction of sp³-hybridized carbons (Fsp3) is 0.200. The number of phenolic OH excluding ortho intramolecular Hbond substituents is 1. The van der Waals surface area contributed by atoms with Crippen molar-refractivity contribution in [2.75, 3.05) is 13.2 Å². The number of phenols is 1. The quantitative estimate of drug-likeness (QED) is 0.653. The summed E-state index contributed by atoms with van der Waals surface area (Å²) in [5.74, 6) is 0.283. The Kier molecular flexibility index (Phi) is 4.33. The standard InChI is InChI=1S/C15H14ClN3O4/c16-9-1-3-12-13(5-9)18-19(17-12)14-4-2-11(6-15(14)22)23-8-10(21)7-20/h1-6,10,20-22H,7-8H2. The molecule has 0 saturated carbocycles. The summed E-state index contributed by atoms with van der Waals surface area (Å²) in [6, 6.07) is 9.74. The summed E-state index contributed by atoms with van der Waals surface area (Å²) in [6.07, 6.45) is -0.973. The molecule has 0 aliphatic heterocycles. The molecular formula is C15H14ClN3O4. The highest BCUT2D eigenvalue weighted by Crippen LogP contribution is 2.27. The number of fused-ring (bicyclic) bond motifs is 1. The van der Waals surface area contributed by atoms with E-state index in [1.54, 1.807) is 30.3 Å². The summed E-state index contributed by atoms with van der Waals surface area (Å²) in [5.41, 5.74) is 1.65. The van der Waals surface area contributed by atoms with Crippen LogP contribution in [0, 0.1) is 0 Å². The monoisotopic (exact) mass is 335 g/mol. The lowest BCUT2D eigenvalue weighted by Gasteiger charge is -2.11. The number of aliphatic hydroxyl groups excluding tert-OH is 2. The number of hydrogen-bond acceptors (Lipinski definition) is 6. The van der Waals surface area contributed by atoms with E-state index in [0.29, 0.717) is 27.5 Å². The van der Waals surface area contributed by atoms with Gasteiger partial charge in [-0.15, -0.1) is 15.0 Å². The van der Waals surface area contributed by atoms with Crippen molar-refractivity contribution in [2.24, 2.45) is 0 Å². The number of ether oxygens (including phenoxy) is 1. The number of aromatic hydroxyl groups is 1. The van der Waals surface area contributed by atoms with E-state index in [9.17, 15) is 10.2 Å². The molecule has 23 heavy (non-hydrogen) atoms. The van der Waals surface area contributed by atoms with Gasteiger partial charge in [-0.1, -0.05) is 11.6 Å². The van der Waals surface area contributed by atoms with Crippen molar-refractivity contribution in [1.29, 1.82) is 0 Å². The van der Waals surface area contributed by atoms with Crippen molar-refractivity contribution in [2.45, 2.75) is 6.10 Å². The van der Waals surface area contributed by atoms with Gasteiger partial charge in [0.25, 0.3) is 0 Å². The van der Waals surface area contributed by atoms with Crippen LogP contribution >= 0.6 is 11.6 Å². The van der Waals surface area contributed by atoms with Gasteiger partial charge in [-0.3, -0.25) is 0 Å². The van der Waals surface area contributed by atoms with Gasteiger partial charge in [-0.2, -0.15) is 0 Å². The van der Waals surface area contributed by atoms with Crippen LogP contribution in [0.3, 0.4) is 0 Å². The first-order chi connectivity index (χ1) is 11.1. The molecule has 1 aromatic heterocycles. The number of benzene rings is 2. The predicted octanol–water partition coefficient (Wildman–Crippen LogP) is 1.51. The summed E-state index contributed by atoms with van der Waals surface area (Å²) in [4.78, 5) is 1.31. The third kappa shape index (κ3) is 3.37. The lowest BCUT2D eigenvalue weighted by molar-refractivity contribution is 0.0535. The third-order valence-corrected chi connectivity index (χ3v) is 3.39. The van der Waals surface area contributed by atoms with E-state index in [1.165, 1.54) is 10.9 Å². The minimum Gasteiger partial charge on any atom is -0.505 e. The molecule has 0 radical (unpaired) electrons. The maximum atomic E-state index is 10.1. The fourth-order valence-corrected chi connectivity index (χ4v) is 2.17. The summed E-state index contributed by atoms with van der Waals surface area (Å²) in [5, 5.41) is 37.2. The minimum atomic E-state index is -0.973. The van der Waals surface area contributed by atoms with E-state index < -0.39 is 12.7 Å². The number of nitrogens with zero attached hydrogens (tertiary/aromatic N) is 3. The Morgan fingerprint density at radius 2 is 1.91 bits per heavy atom. The van der Waals surface area contributed by atoms with Gasteiger partial charge in [0.2, 0.25) is 0 Å². The van der Waals surface area contributed by atoms with Crippen LogP contribution in [0.25, 0.3) is 16.7 Å². The van der Waals surface area contributed by atoms with E-state index in [4.69, 9.17) is 21.4 Å². The number of halogens is 1. The number of aliphatic hydroxyl groups is 2. The molecule has 1 heterocycles. The maximum absolute atomic E-state index is 10.1. The van der Waals surface area contributed by atoms with Crippen molar-refractivity contribution < 1.29 is 20.1 Å². The number of hydrogen-bond donors (Lipinski definition) is 3. The van der Waals surface area contributed by atoms with Gasteiger partial charge in [0.1, 0.15) is 40.9 Å². The first-order valence-corrected chi connectivity index (χ1v) is 7.22. The third-order valence-electron chi connectivity index (χ3n) is 3.16. The van der Waals surface area contributed by atoms with Gasteiger partial charge in [-0.05, 0) is 30.3 Å². The second kappa shape index (κ2) is 6.41. The molecule has 3 aromatic rings. The fourth-order valence-electron chi connectivity index (χ4n) is 2.00. The summed E-state index contributed by atoms with van der Waals surface area (Å²) in [7, 11) is 0. The highest BCUT2D eigenvalue weighted by molar-refractivity contribution is 6.31. The predicted molar refractivity (Wildman–Crippen MR) is 84.1 cm³/mol. The molecule has 0 aliphatic rings. The Balaban J connectivity index is 1.87. The zero-order valence-electron chi connectivity index (χ0n) is 11.9. The smallest absolute Gasteiger partial charge is 0.146 e. The van der Waals surface area contributed by atoms with Crippen LogP contribution in [-0.2, 0) is 0 Å². The molecule has 3 N–H and O–H groups in total. The molecule has 120 valence electrons. The van der Waals surface area contributed by atoms with Crippen LogP contribution < -0.4 is 4.74 Å². The van der Waals surface area contributed by atoms with Crippen LogP contribution in [0.5, 0.6) is 11.5 Å². The van der Waals surface area contributed by atoms with E-state index in [2.05, 4.69) is 10.2 Å². The Bertz CT molecular complexity index is 837. The Morgan fingerprint density at radius 1 is 1.13 bits per heavy atom. The van der Waals surface area contributed by atoms with E-state index in [-0.39, 0.29) is 12.4 Å². The molecule has 2 aromatic carbocycles. The zero-order valence-corrected chi connectivity index (χ0v) is 12.7. The molecule has 3 rings (SSSR count). The molecule has 7 nitrogen and oxygen atoms in total. The van der Waals surface area contributed by atoms with Crippen molar-refractivity contribution in [3.63, 3.8) is 0 Å². The molecule has 1 unspecified atom stereocenters. The summed E-state index contributed by atoms with van der Waals surface area (Å²) < 4.78 is 5.27. The highest BCUT2D eigenvalue weighted by Gasteiger charge is 2.11. The minimum absolute atomic E-state index is 0.0717. The lowest BCUT2D eigenvalue weighted by Crippen LogP contribution is -2.21. The molecule has 8 heteroatoms. The molecular weight excluding hydrogens is 322 g/mol. The average molecular weight is 336 g/mol. The molecule has 0 bridgehead atoms. The number of rotatable bonds is 5. The molecule has 1 atom stereocenters. The van der Waals surface area contributed by atoms with Crippen molar-refractivity contribution in [3.05, 3.63) is 41.4 Å². The van der Waals surface area contributed by atoms with E-state index in [0.717, 1.165) is 0 Å². The van der Waals surface area contributed by atoms with Crippen LogP contribution in [-0.4, -0.2) is 49.6 Å². The SMILES string of the molecule is OCC(O)COc1ccc(-n2nc3ccc(Cl)cc3n2)c(O)c1. The molecule has 0 saturated heterocycles. The Morgan fingerprint density at radius 3 is 2.65 bits per heavy atom.